The van der Waals surface area contributed by atoms with Gasteiger partial charge in [-0.05, 0) is 54.8 Å². The molecular formula is C28H28F6N4O4S. The molecule has 15 heteroatoms. The summed E-state index contributed by atoms with van der Waals surface area (Å²) in [5.41, 5.74) is 0.539. The molecule has 0 radical (unpaired) electrons. The van der Waals surface area contributed by atoms with Gasteiger partial charge in [-0.25, -0.2) is 8.42 Å². The molecule has 0 bridgehead atoms. The van der Waals surface area contributed by atoms with Crippen LogP contribution in [-0.4, -0.2) is 41.6 Å². The summed E-state index contributed by atoms with van der Waals surface area (Å²) in [6, 6.07) is 6.17. The highest BCUT2D eigenvalue weighted by atomic mass is 32.2. The first-order chi connectivity index (χ1) is 20.0. The summed E-state index contributed by atoms with van der Waals surface area (Å²) in [7, 11) is -3.57. The lowest BCUT2D eigenvalue weighted by Gasteiger charge is -2.20. The van der Waals surface area contributed by atoms with E-state index in [0.29, 0.717) is 42.0 Å². The molecule has 4 heterocycles. The molecule has 43 heavy (non-hydrogen) atoms. The fraction of sp³-hybridized carbons (Fsp3) is 0.393. The van der Waals surface area contributed by atoms with E-state index in [1.54, 1.807) is 0 Å². The van der Waals surface area contributed by atoms with Crippen LogP contribution in [-0.2, 0) is 48.4 Å². The molecule has 0 fully saturated rings. The van der Waals surface area contributed by atoms with Gasteiger partial charge in [-0.3, -0.25) is 14.8 Å². The Morgan fingerprint density at radius 1 is 0.953 bits per heavy atom. The van der Waals surface area contributed by atoms with Gasteiger partial charge in [0.2, 0.25) is 0 Å². The van der Waals surface area contributed by atoms with Gasteiger partial charge in [-0.2, -0.15) is 26.3 Å². The number of ether oxygens (including phenoxy) is 1. The first-order valence-corrected chi connectivity index (χ1v) is 15.0. The minimum atomic E-state index is -4.53. The van der Waals surface area contributed by atoms with Crippen LogP contribution < -0.4 is 10.1 Å². The quantitative estimate of drug-likeness (QED) is 0.370. The average Bonchev–Trinajstić information content (AvgIpc) is 3.57. The predicted octanol–water partition coefficient (Wildman–Crippen LogP) is 5.54. The van der Waals surface area contributed by atoms with Crippen LogP contribution in [0.3, 0.4) is 0 Å². The summed E-state index contributed by atoms with van der Waals surface area (Å²) in [6.07, 6.45) is -5.71. The summed E-state index contributed by atoms with van der Waals surface area (Å²) in [4.78, 5) is 22.0. The number of fused-ring (bicyclic) bond motifs is 2. The minimum Gasteiger partial charge on any atom is -0.490 e. The molecule has 0 unspecified atom stereocenters. The third-order valence-electron chi connectivity index (χ3n) is 6.88. The minimum absolute atomic E-state index is 0.0260. The van der Waals surface area contributed by atoms with Crippen molar-refractivity contribution in [1.29, 1.82) is 0 Å². The van der Waals surface area contributed by atoms with Gasteiger partial charge in [0.25, 0.3) is 5.91 Å². The maximum Gasteiger partial charge on any atom is 0.417 e. The van der Waals surface area contributed by atoms with Crippen molar-refractivity contribution in [2.75, 3.05) is 6.26 Å². The molecule has 2 aromatic heterocycles. The van der Waals surface area contributed by atoms with Gasteiger partial charge in [0.05, 0.1) is 45.6 Å². The van der Waals surface area contributed by atoms with Crippen molar-refractivity contribution in [3.05, 3.63) is 81.9 Å². The number of aromatic nitrogens is 2. The van der Waals surface area contributed by atoms with Gasteiger partial charge in [-0.1, -0.05) is 6.92 Å². The second-order valence-electron chi connectivity index (χ2n) is 10.2. The van der Waals surface area contributed by atoms with Crippen LogP contribution in [0.5, 0.6) is 5.75 Å². The summed E-state index contributed by atoms with van der Waals surface area (Å²) < 4.78 is 105. The van der Waals surface area contributed by atoms with Crippen LogP contribution in [0.15, 0.2) is 47.6 Å². The third-order valence-corrected chi connectivity index (χ3v) is 7.99. The van der Waals surface area contributed by atoms with E-state index in [9.17, 15) is 39.6 Å². The van der Waals surface area contributed by atoms with Crippen molar-refractivity contribution < 1.29 is 44.3 Å². The Kier molecular flexibility index (Phi) is 9.07. The Morgan fingerprint density at radius 2 is 1.56 bits per heavy atom. The maximum atomic E-state index is 13.2. The molecule has 0 aliphatic carbocycles. The lowest BCUT2D eigenvalue weighted by atomic mass is 10.1. The zero-order valence-corrected chi connectivity index (χ0v) is 24.1. The van der Waals surface area contributed by atoms with Gasteiger partial charge in [0.1, 0.15) is 5.75 Å². The highest BCUT2D eigenvalue weighted by Crippen LogP contribution is 2.34. The average molecular weight is 631 g/mol. The monoisotopic (exact) mass is 630 g/mol. The standard InChI is InChI=1S/C20H21F3N2O4S.C8H7F3N2/c1-4-12(2)29-18-6-5-15(30(3,27)28)8-16(18)19(26)25-10-13-7-14(20(21,22)23)9-24-17(13)11-25;9-8(10,11)6-1-5-2-12-4-7(5)13-3-6/h5-9,12H,4,10-11H2,1-3H3;1,3,12H,2,4H2/t12-;/m1./s1. The number of nitrogens with one attached hydrogen (secondary N) is 1. The van der Waals surface area contributed by atoms with Gasteiger partial charge in [-0.15, -0.1) is 0 Å². The van der Waals surface area contributed by atoms with Crippen molar-refractivity contribution in [3.63, 3.8) is 0 Å². The molecule has 3 aromatic rings. The van der Waals surface area contributed by atoms with Crippen LogP contribution >= 0.6 is 0 Å². The number of rotatable bonds is 5. The lowest BCUT2D eigenvalue weighted by molar-refractivity contribution is -0.138. The zero-order valence-electron chi connectivity index (χ0n) is 23.3. The molecule has 1 atom stereocenters. The number of carbonyl (C=O) groups is 1. The number of sulfone groups is 1. The van der Waals surface area contributed by atoms with Crippen LogP contribution in [0.1, 0.15) is 64.3 Å². The van der Waals surface area contributed by atoms with Gasteiger partial charge in [0, 0.05) is 38.3 Å². The van der Waals surface area contributed by atoms with E-state index in [1.165, 1.54) is 23.1 Å². The molecule has 5 rings (SSSR count). The molecule has 1 aromatic carbocycles. The van der Waals surface area contributed by atoms with Crippen molar-refractivity contribution in [3.8, 4) is 5.75 Å². The molecule has 1 amide bonds. The smallest absolute Gasteiger partial charge is 0.417 e. The fourth-order valence-electron chi connectivity index (χ4n) is 4.36. The molecule has 232 valence electrons. The second kappa shape index (κ2) is 12.1. The van der Waals surface area contributed by atoms with E-state index >= 15 is 0 Å². The molecular weight excluding hydrogens is 602 g/mol. The number of amides is 1. The first-order valence-electron chi connectivity index (χ1n) is 13.1. The number of carbonyl (C=O) groups excluding carboxylic acids is 1. The maximum absolute atomic E-state index is 13.2. The molecule has 0 saturated carbocycles. The number of hydrogen-bond acceptors (Lipinski definition) is 7. The van der Waals surface area contributed by atoms with Crippen molar-refractivity contribution in [1.82, 2.24) is 20.2 Å². The largest absolute Gasteiger partial charge is 0.490 e. The number of pyridine rings is 2. The zero-order chi connectivity index (χ0) is 31.7. The topological polar surface area (TPSA) is 101 Å². The van der Waals surface area contributed by atoms with Crippen molar-refractivity contribution in [2.24, 2.45) is 0 Å². The van der Waals surface area contributed by atoms with Crippen LogP contribution in [0.4, 0.5) is 26.3 Å². The fourth-order valence-corrected chi connectivity index (χ4v) is 5.01. The number of halogens is 6. The van der Waals surface area contributed by atoms with E-state index in [-0.39, 0.29) is 35.4 Å². The first kappa shape index (κ1) is 32.2. The van der Waals surface area contributed by atoms with Gasteiger partial charge in [0.15, 0.2) is 9.84 Å². The molecule has 2 aliphatic rings. The summed E-state index contributed by atoms with van der Waals surface area (Å²) in [5.74, 6) is -0.313. The number of benzene rings is 1. The Labute approximate surface area is 244 Å². The lowest BCUT2D eigenvalue weighted by Crippen LogP contribution is -2.27. The number of hydrogen-bond donors (Lipinski definition) is 1. The van der Waals surface area contributed by atoms with Crippen LogP contribution in [0.2, 0.25) is 0 Å². The third kappa shape index (κ3) is 7.63. The normalized spacial score (nSPS) is 15.3. The molecule has 1 N–H and O–H groups in total. The highest BCUT2D eigenvalue weighted by Gasteiger charge is 2.35. The molecule has 0 spiro atoms. The highest BCUT2D eigenvalue weighted by molar-refractivity contribution is 7.90. The molecule has 0 saturated heterocycles. The molecule has 8 nitrogen and oxygen atoms in total. The predicted molar refractivity (Wildman–Crippen MR) is 143 cm³/mol. The Balaban J connectivity index is 0.000000269. The van der Waals surface area contributed by atoms with E-state index in [1.807, 2.05) is 13.8 Å². The van der Waals surface area contributed by atoms with E-state index in [2.05, 4.69) is 15.3 Å². The summed E-state index contributed by atoms with van der Waals surface area (Å²) in [5, 5.41) is 2.94. The van der Waals surface area contributed by atoms with E-state index in [4.69, 9.17) is 4.74 Å². The Bertz CT molecular complexity index is 1630. The van der Waals surface area contributed by atoms with E-state index in [0.717, 1.165) is 30.8 Å². The van der Waals surface area contributed by atoms with Crippen LogP contribution in [0.25, 0.3) is 0 Å². The number of alkyl halides is 6. The molecule has 2 aliphatic heterocycles. The SMILES string of the molecule is CC[C@@H](C)Oc1ccc(S(C)(=O)=O)cc1C(=O)N1Cc2cc(C(F)(F)F)cnc2C1.FC(F)(F)c1cnc2c(c1)CNC2. The van der Waals surface area contributed by atoms with Crippen LogP contribution in [0, 0.1) is 0 Å². The number of nitrogens with zero attached hydrogens (tertiary/aromatic N) is 3. The summed E-state index contributed by atoms with van der Waals surface area (Å²) in [6.45, 7) is 4.72. The van der Waals surface area contributed by atoms with Gasteiger partial charge >= 0.3 is 12.4 Å². The Hall–Kier alpha value is -3.72. The van der Waals surface area contributed by atoms with E-state index < -0.39 is 39.2 Å². The Morgan fingerprint density at radius 3 is 2.14 bits per heavy atom. The van der Waals surface area contributed by atoms with Gasteiger partial charge < -0.3 is 15.0 Å². The van der Waals surface area contributed by atoms with Crippen molar-refractivity contribution in [2.45, 2.75) is 69.8 Å². The summed E-state index contributed by atoms with van der Waals surface area (Å²) >= 11 is 0. The van der Waals surface area contributed by atoms with Crippen molar-refractivity contribution >= 4 is 15.7 Å². The second-order valence-corrected chi connectivity index (χ2v) is 12.2.